The molecule has 1 N–H and O–H groups in total. The maximum Gasteiger partial charge on any atom is 0.234 e. The van der Waals surface area contributed by atoms with E-state index in [-0.39, 0.29) is 11.7 Å². The van der Waals surface area contributed by atoms with Crippen molar-refractivity contribution < 1.29 is 9.53 Å². The molecule has 2 aromatic carbocycles. The third kappa shape index (κ3) is 7.85. The predicted octanol–water partition coefficient (Wildman–Crippen LogP) is 7.05. The molecule has 0 atom stereocenters. The topological polar surface area (TPSA) is 69.0 Å². The molecule has 1 heterocycles. The molecule has 0 aliphatic rings. The van der Waals surface area contributed by atoms with Crippen LogP contribution in [-0.4, -0.2) is 33.0 Å². The Balaban J connectivity index is 1.55. The van der Waals surface area contributed by atoms with Gasteiger partial charge in [-0.1, -0.05) is 65.3 Å². The van der Waals surface area contributed by atoms with E-state index in [1.807, 2.05) is 4.57 Å². The average molecular weight is 578 g/mol. The molecule has 186 valence electrons. The fraction of sp³-hybridized carbons (Fsp3) is 0.346. The minimum Gasteiger partial charge on any atom is -0.493 e. The van der Waals surface area contributed by atoms with Crippen LogP contribution in [-0.2, 0) is 17.8 Å². The van der Waals surface area contributed by atoms with Crippen molar-refractivity contribution in [1.29, 1.82) is 0 Å². The maximum atomic E-state index is 12.4. The van der Waals surface area contributed by atoms with E-state index in [9.17, 15) is 4.79 Å². The van der Waals surface area contributed by atoms with Crippen molar-refractivity contribution in [3.63, 3.8) is 0 Å². The van der Waals surface area contributed by atoms with Crippen LogP contribution in [0.2, 0.25) is 5.02 Å². The molecule has 0 aliphatic carbocycles. The summed E-state index contributed by atoms with van der Waals surface area (Å²) < 4.78 is 9.19. The van der Waals surface area contributed by atoms with Crippen LogP contribution in [0.25, 0.3) is 0 Å². The fourth-order valence-electron chi connectivity index (χ4n) is 3.50. The number of allylic oxidation sites excluding steroid dienone is 1. The molecule has 0 saturated heterocycles. The zero-order valence-electron chi connectivity index (χ0n) is 20.2. The summed E-state index contributed by atoms with van der Waals surface area (Å²) in [5.74, 6) is 2.25. The second kappa shape index (κ2) is 13.1. The monoisotopic (exact) mass is 576 g/mol. The Labute approximate surface area is 224 Å². The first kappa shape index (κ1) is 27.3. The average Bonchev–Trinajstić information content (AvgIpc) is 3.18. The first-order chi connectivity index (χ1) is 16.8. The lowest BCUT2D eigenvalue weighted by Gasteiger charge is -2.15. The van der Waals surface area contributed by atoms with Gasteiger partial charge in [-0.25, -0.2) is 0 Å². The van der Waals surface area contributed by atoms with Gasteiger partial charge in [-0.05, 0) is 60.7 Å². The first-order valence-electron chi connectivity index (χ1n) is 11.4. The van der Waals surface area contributed by atoms with Gasteiger partial charge in [0.1, 0.15) is 11.6 Å². The van der Waals surface area contributed by atoms with Crippen molar-refractivity contribution >= 4 is 50.9 Å². The number of ether oxygens (including phenoxy) is 1. The van der Waals surface area contributed by atoms with E-state index in [2.05, 4.69) is 70.9 Å². The summed E-state index contributed by atoms with van der Waals surface area (Å²) in [5.41, 5.74) is 3.00. The van der Waals surface area contributed by atoms with E-state index in [0.29, 0.717) is 41.4 Å². The Morgan fingerprint density at radius 1 is 1.31 bits per heavy atom. The number of halogens is 2. The molecule has 0 bridgehead atoms. The van der Waals surface area contributed by atoms with Crippen molar-refractivity contribution in [3.8, 4) is 5.75 Å². The number of benzene rings is 2. The van der Waals surface area contributed by atoms with E-state index in [1.165, 1.54) is 17.3 Å². The van der Waals surface area contributed by atoms with Crippen LogP contribution in [0.3, 0.4) is 0 Å². The molecule has 1 aromatic heterocycles. The van der Waals surface area contributed by atoms with Crippen LogP contribution in [0.5, 0.6) is 5.75 Å². The Morgan fingerprint density at radius 2 is 2.11 bits per heavy atom. The summed E-state index contributed by atoms with van der Waals surface area (Å²) in [6.07, 6.45) is 3.31. The quantitative estimate of drug-likeness (QED) is 0.142. The summed E-state index contributed by atoms with van der Waals surface area (Å²) >= 11 is 11.0. The number of amides is 1. The molecular weight excluding hydrogens is 548 g/mol. The lowest BCUT2D eigenvalue weighted by atomic mass is 10.0. The van der Waals surface area contributed by atoms with Gasteiger partial charge in [-0.3, -0.25) is 4.79 Å². The highest BCUT2D eigenvalue weighted by atomic mass is 79.9. The Morgan fingerprint density at radius 3 is 2.83 bits per heavy atom. The van der Waals surface area contributed by atoms with Crippen molar-refractivity contribution in [1.82, 2.24) is 14.8 Å². The fourth-order valence-corrected chi connectivity index (χ4v) is 5.37. The van der Waals surface area contributed by atoms with Crippen LogP contribution in [0, 0.1) is 6.92 Å². The zero-order chi connectivity index (χ0) is 25.4. The van der Waals surface area contributed by atoms with E-state index in [4.69, 9.17) is 16.3 Å². The molecule has 0 radical (unpaired) electrons. The number of hydrogen-bond acceptors (Lipinski definition) is 5. The van der Waals surface area contributed by atoms with Gasteiger partial charge in [0.05, 0.1) is 12.4 Å². The summed E-state index contributed by atoms with van der Waals surface area (Å²) in [5, 5.41) is 12.8. The second-order valence-corrected chi connectivity index (χ2v) is 10.6. The van der Waals surface area contributed by atoms with Gasteiger partial charge in [-0.15, -0.1) is 16.8 Å². The molecule has 9 heteroatoms. The number of nitrogens with one attached hydrogen (secondary N) is 1. The number of anilines is 1. The molecule has 0 fully saturated rings. The molecule has 0 aliphatic heterocycles. The van der Waals surface area contributed by atoms with Crippen LogP contribution < -0.4 is 10.1 Å². The highest BCUT2D eigenvalue weighted by Gasteiger charge is 2.14. The van der Waals surface area contributed by atoms with Crippen molar-refractivity contribution in [3.05, 3.63) is 75.5 Å². The zero-order valence-corrected chi connectivity index (χ0v) is 23.3. The Kier molecular flexibility index (Phi) is 10.2. The van der Waals surface area contributed by atoms with Crippen LogP contribution in [0.4, 0.5) is 5.69 Å². The van der Waals surface area contributed by atoms with Gasteiger partial charge >= 0.3 is 0 Å². The van der Waals surface area contributed by atoms with E-state index < -0.39 is 0 Å². The van der Waals surface area contributed by atoms with E-state index in [0.717, 1.165) is 28.0 Å². The molecule has 35 heavy (non-hydrogen) atoms. The molecule has 0 saturated carbocycles. The number of nitrogens with zero attached hydrogens (tertiary/aromatic N) is 3. The minimum atomic E-state index is -0.133. The number of carbonyl (C=O) groups excluding carboxylic acids is 1. The highest BCUT2D eigenvalue weighted by Crippen LogP contribution is 2.31. The van der Waals surface area contributed by atoms with E-state index >= 15 is 0 Å². The normalized spacial score (nSPS) is 11.0. The summed E-state index contributed by atoms with van der Waals surface area (Å²) in [6.45, 7) is 11.4. The van der Waals surface area contributed by atoms with Crippen LogP contribution >= 0.6 is 39.3 Å². The number of carbonyl (C=O) groups is 1. The number of hydrogen-bond donors (Lipinski definition) is 1. The molecule has 6 nitrogen and oxygen atoms in total. The number of thioether (sulfide) groups is 1. The molecule has 3 rings (SSSR count). The number of aryl methyl sites for hydroxylation is 2. The standard InChI is InChI=1S/C26H30BrClN4O2S/c1-5-11-32-24(10-7-12-34-23-15-21(17(2)3)22(27)13-18(23)4)30-31-26(32)35-16-25(33)29-20-9-6-8-19(28)14-20/h5-6,8-9,13-15,17H,1,7,10-12,16H2,2-4H3,(H,29,33). The van der Waals surface area contributed by atoms with Crippen LogP contribution in [0.15, 0.2) is 58.7 Å². The summed E-state index contributed by atoms with van der Waals surface area (Å²) in [4.78, 5) is 12.4. The van der Waals surface area contributed by atoms with Gasteiger partial charge in [0.15, 0.2) is 5.16 Å². The first-order valence-corrected chi connectivity index (χ1v) is 13.6. The third-order valence-electron chi connectivity index (χ3n) is 5.26. The largest absolute Gasteiger partial charge is 0.493 e. The summed E-state index contributed by atoms with van der Waals surface area (Å²) in [7, 11) is 0. The van der Waals surface area contributed by atoms with Gasteiger partial charge in [0.2, 0.25) is 5.91 Å². The lowest BCUT2D eigenvalue weighted by molar-refractivity contribution is -0.113. The van der Waals surface area contributed by atoms with E-state index in [1.54, 1.807) is 30.3 Å². The number of rotatable bonds is 12. The van der Waals surface area contributed by atoms with Crippen LogP contribution in [0.1, 0.15) is 43.1 Å². The van der Waals surface area contributed by atoms with Gasteiger partial charge < -0.3 is 14.6 Å². The third-order valence-corrected chi connectivity index (χ3v) is 7.15. The van der Waals surface area contributed by atoms with Gasteiger partial charge in [0, 0.05) is 28.1 Å². The molecular formula is C26H30BrClN4O2S. The number of aromatic nitrogens is 3. The molecule has 3 aromatic rings. The molecule has 1 amide bonds. The van der Waals surface area contributed by atoms with Gasteiger partial charge in [0.25, 0.3) is 0 Å². The smallest absolute Gasteiger partial charge is 0.234 e. The summed E-state index contributed by atoms with van der Waals surface area (Å²) in [6, 6.07) is 11.3. The Hall–Kier alpha value is -2.29. The second-order valence-electron chi connectivity index (χ2n) is 8.39. The Bertz CT molecular complexity index is 1180. The molecule has 0 spiro atoms. The SMILES string of the molecule is C=CCn1c(CCCOc2cc(C(C)C)c(Br)cc2C)nnc1SCC(=O)Nc1cccc(Cl)c1. The molecule has 0 unspecified atom stereocenters. The maximum absolute atomic E-state index is 12.4. The van der Waals surface area contributed by atoms with Crippen molar-refractivity contribution in [2.24, 2.45) is 0 Å². The van der Waals surface area contributed by atoms with Crippen molar-refractivity contribution in [2.45, 2.75) is 51.2 Å². The highest BCUT2D eigenvalue weighted by molar-refractivity contribution is 9.10. The lowest BCUT2D eigenvalue weighted by Crippen LogP contribution is -2.14. The minimum absolute atomic E-state index is 0.133. The predicted molar refractivity (Wildman–Crippen MR) is 148 cm³/mol. The van der Waals surface area contributed by atoms with Gasteiger partial charge in [-0.2, -0.15) is 0 Å². The van der Waals surface area contributed by atoms with Crippen molar-refractivity contribution in [2.75, 3.05) is 17.7 Å².